The Morgan fingerprint density at radius 3 is 2.82 bits per heavy atom. The number of ether oxygens (including phenoxy) is 2. The standard InChI is InChI=1S/C20H25N3O5/c1-26-14-7-8-16(18(11-14)27-2)17-6-3-9-23(17)13-19(24)22-20(25)21-12-15-5-4-10-28-15/h4-5,7-8,10-11,17H,3,6,9,12-13H2,1-2H3,(H2,21,22,24,25)/t17-/m1/s1. The molecule has 2 heterocycles. The third-order valence-corrected chi connectivity index (χ3v) is 4.77. The summed E-state index contributed by atoms with van der Waals surface area (Å²) in [7, 11) is 3.23. The fraction of sp³-hybridized carbons (Fsp3) is 0.400. The van der Waals surface area contributed by atoms with Crippen molar-refractivity contribution in [3.05, 3.63) is 47.9 Å². The summed E-state index contributed by atoms with van der Waals surface area (Å²) in [6.45, 7) is 1.14. The van der Waals surface area contributed by atoms with Crippen LogP contribution in [0, 0.1) is 0 Å². The van der Waals surface area contributed by atoms with Crippen LogP contribution in [0.15, 0.2) is 41.0 Å². The lowest BCUT2D eigenvalue weighted by Crippen LogP contribution is -2.44. The molecule has 8 heteroatoms. The first-order valence-electron chi connectivity index (χ1n) is 9.16. The molecule has 1 aliphatic heterocycles. The van der Waals surface area contributed by atoms with Crippen LogP contribution >= 0.6 is 0 Å². The van der Waals surface area contributed by atoms with Crippen LogP contribution in [0.25, 0.3) is 0 Å². The second-order valence-corrected chi connectivity index (χ2v) is 6.55. The Morgan fingerprint density at radius 2 is 2.11 bits per heavy atom. The number of imide groups is 1. The van der Waals surface area contributed by atoms with Crippen molar-refractivity contribution in [3.63, 3.8) is 0 Å². The number of benzene rings is 1. The largest absolute Gasteiger partial charge is 0.497 e. The van der Waals surface area contributed by atoms with Crippen molar-refractivity contribution in [1.82, 2.24) is 15.5 Å². The minimum Gasteiger partial charge on any atom is -0.497 e. The first kappa shape index (κ1) is 19.8. The molecule has 0 spiro atoms. The summed E-state index contributed by atoms with van der Waals surface area (Å²) in [6.07, 6.45) is 3.42. The van der Waals surface area contributed by atoms with Gasteiger partial charge in [0.25, 0.3) is 0 Å². The van der Waals surface area contributed by atoms with E-state index in [1.807, 2.05) is 18.2 Å². The molecule has 1 saturated heterocycles. The molecule has 1 aliphatic rings. The van der Waals surface area contributed by atoms with Gasteiger partial charge in [0.1, 0.15) is 17.3 Å². The van der Waals surface area contributed by atoms with E-state index in [4.69, 9.17) is 13.9 Å². The molecule has 150 valence electrons. The second kappa shape index (κ2) is 9.27. The van der Waals surface area contributed by atoms with E-state index in [0.29, 0.717) is 5.76 Å². The van der Waals surface area contributed by atoms with Gasteiger partial charge in [0.15, 0.2) is 0 Å². The molecule has 0 radical (unpaired) electrons. The quantitative estimate of drug-likeness (QED) is 0.758. The highest BCUT2D eigenvalue weighted by molar-refractivity contribution is 5.95. The van der Waals surface area contributed by atoms with E-state index in [2.05, 4.69) is 15.5 Å². The highest BCUT2D eigenvalue weighted by Crippen LogP contribution is 2.38. The van der Waals surface area contributed by atoms with E-state index >= 15 is 0 Å². The van der Waals surface area contributed by atoms with Gasteiger partial charge in [0.05, 0.1) is 33.6 Å². The molecule has 0 unspecified atom stereocenters. The number of amides is 3. The summed E-state index contributed by atoms with van der Waals surface area (Å²) in [6, 6.07) is 8.69. The molecule has 1 fully saturated rings. The van der Waals surface area contributed by atoms with Crippen molar-refractivity contribution in [2.75, 3.05) is 27.3 Å². The van der Waals surface area contributed by atoms with Gasteiger partial charge in [-0.2, -0.15) is 0 Å². The molecule has 0 aliphatic carbocycles. The molecule has 1 aromatic carbocycles. The van der Waals surface area contributed by atoms with E-state index in [1.54, 1.807) is 26.4 Å². The van der Waals surface area contributed by atoms with Gasteiger partial charge in [0, 0.05) is 17.7 Å². The molecular weight excluding hydrogens is 362 g/mol. The number of carbonyl (C=O) groups is 2. The van der Waals surface area contributed by atoms with Crippen LogP contribution in [0.4, 0.5) is 4.79 Å². The van der Waals surface area contributed by atoms with Crippen molar-refractivity contribution in [3.8, 4) is 11.5 Å². The maximum Gasteiger partial charge on any atom is 0.321 e. The van der Waals surface area contributed by atoms with Crippen LogP contribution in [-0.2, 0) is 11.3 Å². The maximum atomic E-state index is 12.3. The molecule has 1 atom stereocenters. The number of nitrogens with one attached hydrogen (secondary N) is 2. The molecule has 2 N–H and O–H groups in total. The summed E-state index contributed by atoms with van der Waals surface area (Å²) < 4.78 is 15.9. The Morgan fingerprint density at radius 1 is 1.25 bits per heavy atom. The number of nitrogens with zero attached hydrogens (tertiary/aromatic N) is 1. The number of furan rings is 1. The summed E-state index contributed by atoms with van der Waals surface area (Å²) in [5, 5.41) is 4.96. The Bertz CT molecular complexity index is 806. The van der Waals surface area contributed by atoms with E-state index in [-0.39, 0.29) is 25.0 Å². The summed E-state index contributed by atoms with van der Waals surface area (Å²) in [4.78, 5) is 26.3. The molecule has 0 bridgehead atoms. The van der Waals surface area contributed by atoms with Crippen LogP contribution in [0.5, 0.6) is 11.5 Å². The molecule has 3 rings (SSSR count). The third kappa shape index (κ3) is 4.83. The Balaban J connectivity index is 1.57. The Hall–Kier alpha value is -3.00. The van der Waals surface area contributed by atoms with Crippen LogP contribution in [0.3, 0.4) is 0 Å². The van der Waals surface area contributed by atoms with E-state index in [1.165, 1.54) is 6.26 Å². The van der Waals surface area contributed by atoms with Gasteiger partial charge >= 0.3 is 6.03 Å². The van der Waals surface area contributed by atoms with Crippen molar-refractivity contribution >= 4 is 11.9 Å². The van der Waals surface area contributed by atoms with Crippen LogP contribution in [0.1, 0.15) is 30.2 Å². The number of hydrogen-bond donors (Lipinski definition) is 2. The molecule has 0 saturated carbocycles. The van der Waals surface area contributed by atoms with Crippen molar-refractivity contribution in [2.45, 2.75) is 25.4 Å². The van der Waals surface area contributed by atoms with Crippen LogP contribution in [-0.4, -0.2) is 44.1 Å². The fourth-order valence-electron chi connectivity index (χ4n) is 3.44. The zero-order chi connectivity index (χ0) is 19.9. The average molecular weight is 387 g/mol. The van der Waals surface area contributed by atoms with Gasteiger partial charge in [-0.1, -0.05) is 6.07 Å². The lowest BCUT2D eigenvalue weighted by Gasteiger charge is -2.25. The third-order valence-electron chi connectivity index (χ3n) is 4.77. The molecule has 8 nitrogen and oxygen atoms in total. The zero-order valence-electron chi connectivity index (χ0n) is 16.1. The van der Waals surface area contributed by atoms with E-state index < -0.39 is 6.03 Å². The first-order chi connectivity index (χ1) is 13.6. The number of carbonyl (C=O) groups excluding carboxylic acids is 2. The molecular formula is C20H25N3O5. The number of rotatable bonds is 7. The highest BCUT2D eigenvalue weighted by atomic mass is 16.5. The first-order valence-corrected chi connectivity index (χ1v) is 9.16. The number of urea groups is 1. The van der Waals surface area contributed by atoms with Crippen LogP contribution < -0.4 is 20.1 Å². The summed E-state index contributed by atoms with van der Waals surface area (Å²) in [5.74, 6) is 1.72. The topological polar surface area (TPSA) is 93.0 Å². The molecule has 3 amide bonds. The van der Waals surface area contributed by atoms with Gasteiger partial charge in [-0.3, -0.25) is 15.0 Å². The normalized spacial score (nSPS) is 16.6. The van der Waals surface area contributed by atoms with Crippen LogP contribution in [0.2, 0.25) is 0 Å². The monoisotopic (exact) mass is 387 g/mol. The Kier molecular flexibility index (Phi) is 6.54. The smallest absolute Gasteiger partial charge is 0.321 e. The predicted octanol–water partition coefficient (Wildman–Crippen LogP) is 2.46. The maximum absolute atomic E-state index is 12.3. The van der Waals surface area contributed by atoms with E-state index in [9.17, 15) is 9.59 Å². The van der Waals surface area contributed by atoms with Gasteiger partial charge in [-0.05, 0) is 37.6 Å². The van der Waals surface area contributed by atoms with E-state index in [0.717, 1.165) is 36.4 Å². The average Bonchev–Trinajstić information content (AvgIpc) is 3.37. The fourth-order valence-corrected chi connectivity index (χ4v) is 3.44. The number of likely N-dealkylation sites (tertiary alicyclic amines) is 1. The molecule has 28 heavy (non-hydrogen) atoms. The van der Waals surface area contributed by atoms with Crippen molar-refractivity contribution in [1.29, 1.82) is 0 Å². The molecule has 1 aromatic heterocycles. The van der Waals surface area contributed by atoms with Crippen molar-refractivity contribution < 1.29 is 23.5 Å². The van der Waals surface area contributed by atoms with Gasteiger partial charge in [0.2, 0.25) is 5.91 Å². The number of methoxy groups -OCH3 is 2. The summed E-state index contributed by atoms with van der Waals surface area (Å²) in [5.41, 5.74) is 1.01. The molecule has 2 aromatic rings. The highest BCUT2D eigenvalue weighted by Gasteiger charge is 2.30. The second-order valence-electron chi connectivity index (χ2n) is 6.55. The zero-order valence-corrected chi connectivity index (χ0v) is 16.1. The SMILES string of the molecule is COc1ccc([C@H]2CCCN2CC(=O)NC(=O)NCc2ccco2)c(OC)c1. The van der Waals surface area contributed by atoms with Crippen molar-refractivity contribution in [2.24, 2.45) is 0 Å². The van der Waals surface area contributed by atoms with Gasteiger partial charge in [-0.15, -0.1) is 0 Å². The lowest BCUT2D eigenvalue weighted by atomic mass is 10.0. The lowest BCUT2D eigenvalue weighted by molar-refractivity contribution is -0.121. The summed E-state index contributed by atoms with van der Waals surface area (Å²) >= 11 is 0. The predicted molar refractivity (Wildman–Crippen MR) is 102 cm³/mol. The Labute approximate surface area is 163 Å². The number of hydrogen-bond acceptors (Lipinski definition) is 6. The minimum atomic E-state index is -0.542. The van der Waals surface area contributed by atoms with Gasteiger partial charge < -0.3 is 19.2 Å². The van der Waals surface area contributed by atoms with Gasteiger partial charge in [-0.25, -0.2) is 4.79 Å². The minimum absolute atomic E-state index is 0.0535.